The van der Waals surface area contributed by atoms with Gasteiger partial charge in [0.05, 0.1) is 27.2 Å². The van der Waals surface area contributed by atoms with Crippen LogP contribution in [-0.2, 0) is 9.53 Å². The van der Waals surface area contributed by atoms with Crippen LogP contribution in [0.1, 0.15) is 37.7 Å². The Kier molecular flexibility index (Phi) is 6.85. The third-order valence-electron chi connectivity index (χ3n) is 3.22. The predicted octanol–water partition coefficient (Wildman–Crippen LogP) is 3.91. The van der Waals surface area contributed by atoms with Crippen LogP contribution >= 0.6 is 15.9 Å². The first kappa shape index (κ1) is 16.8. The number of halogens is 1. The van der Waals surface area contributed by atoms with Crippen LogP contribution in [0.4, 0.5) is 0 Å². The zero-order valence-electron chi connectivity index (χ0n) is 12.4. The number of carbonyl (C=O) groups excluding carboxylic acids is 1. The van der Waals surface area contributed by atoms with Gasteiger partial charge in [-0.15, -0.1) is 0 Å². The van der Waals surface area contributed by atoms with E-state index in [1.54, 1.807) is 14.2 Å². The molecule has 0 aliphatic carbocycles. The standard InChI is InChI=1S/C15H21BrO4/c1-5-6-7-11(15(17)20-4)10-8-9-12(18-2)13(16)14(10)19-3/h8-9,11H,5-7H2,1-4H3. The summed E-state index contributed by atoms with van der Waals surface area (Å²) in [5.41, 5.74) is 0.820. The Hall–Kier alpha value is -1.23. The molecule has 1 aromatic rings. The molecule has 0 spiro atoms. The summed E-state index contributed by atoms with van der Waals surface area (Å²) in [6.45, 7) is 2.09. The van der Waals surface area contributed by atoms with Gasteiger partial charge in [-0.2, -0.15) is 0 Å². The van der Waals surface area contributed by atoms with Crippen LogP contribution in [0.15, 0.2) is 16.6 Å². The van der Waals surface area contributed by atoms with Crippen LogP contribution in [0.5, 0.6) is 11.5 Å². The van der Waals surface area contributed by atoms with E-state index in [-0.39, 0.29) is 11.9 Å². The largest absolute Gasteiger partial charge is 0.495 e. The molecule has 5 heteroatoms. The second-order valence-electron chi connectivity index (χ2n) is 4.42. The maximum Gasteiger partial charge on any atom is 0.313 e. The van der Waals surface area contributed by atoms with Gasteiger partial charge in [0.25, 0.3) is 0 Å². The predicted molar refractivity (Wildman–Crippen MR) is 81.5 cm³/mol. The molecule has 0 N–H and O–H groups in total. The second kappa shape index (κ2) is 8.15. The van der Waals surface area contributed by atoms with Crippen molar-refractivity contribution < 1.29 is 19.0 Å². The fourth-order valence-corrected chi connectivity index (χ4v) is 2.83. The van der Waals surface area contributed by atoms with Crippen molar-refractivity contribution in [2.45, 2.75) is 32.1 Å². The first-order valence-electron chi connectivity index (χ1n) is 6.58. The molecule has 112 valence electrons. The minimum atomic E-state index is -0.322. The van der Waals surface area contributed by atoms with Gasteiger partial charge >= 0.3 is 5.97 Å². The molecule has 0 bridgehead atoms. The lowest BCUT2D eigenvalue weighted by atomic mass is 9.92. The van der Waals surface area contributed by atoms with Crippen LogP contribution in [0.2, 0.25) is 0 Å². The van der Waals surface area contributed by atoms with Crippen molar-refractivity contribution in [3.63, 3.8) is 0 Å². The van der Waals surface area contributed by atoms with Crippen LogP contribution in [0, 0.1) is 0 Å². The number of esters is 1. The van der Waals surface area contributed by atoms with Gasteiger partial charge in [0.2, 0.25) is 0 Å². The first-order valence-corrected chi connectivity index (χ1v) is 7.38. The van der Waals surface area contributed by atoms with Gasteiger partial charge in [0.1, 0.15) is 16.0 Å². The highest BCUT2D eigenvalue weighted by atomic mass is 79.9. The molecule has 20 heavy (non-hydrogen) atoms. The molecule has 0 aliphatic heterocycles. The molecule has 1 atom stereocenters. The number of unbranched alkanes of at least 4 members (excludes halogenated alkanes) is 1. The normalized spacial score (nSPS) is 11.8. The van der Waals surface area contributed by atoms with E-state index in [0.29, 0.717) is 16.0 Å². The first-order chi connectivity index (χ1) is 9.60. The highest BCUT2D eigenvalue weighted by Crippen LogP contribution is 2.41. The van der Waals surface area contributed by atoms with Gasteiger partial charge < -0.3 is 14.2 Å². The van der Waals surface area contributed by atoms with Crippen molar-refractivity contribution in [2.24, 2.45) is 0 Å². The molecule has 0 amide bonds. The number of rotatable bonds is 7. The smallest absolute Gasteiger partial charge is 0.313 e. The number of benzene rings is 1. The number of hydrogen-bond donors (Lipinski definition) is 0. The average Bonchev–Trinajstić information content (AvgIpc) is 2.47. The van der Waals surface area contributed by atoms with Crippen molar-refractivity contribution in [2.75, 3.05) is 21.3 Å². The van der Waals surface area contributed by atoms with E-state index < -0.39 is 0 Å². The van der Waals surface area contributed by atoms with Crippen molar-refractivity contribution in [3.05, 3.63) is 22.2 Å². The maximum atomic E-state index is 12.0. The van der Waals surface area contributed by atoms with E-state index in [1.165, 1.54) is 7.11 Å². The lowest BCUT2D eigenvalue weighted by molar-refractivity contribution is -0.142. The molecule has 0 aliphatic rings. The molecule has 0 radical (unpaired) electrons. The number of ether oxygens (including phenoxy) is 3. The second-order valence-corrected chi connectivity index (χ2v) is 5.22. The molecule has 4 nitrogen and oxygen atoms in total. The van der Waals surface area contributed by atoms with Crippen LogP contribution in [0.25, 0.3) is 0 Å². The van der Waals surface area contributed by atoms with Gasteiger partial charge in [0.15, 0.2) is 0 Å². The highest BCUT2D eigenvalue weighted by Gasteiger charge is 2.26. The monoisotopic (exact) mass is 344 g/mol. The summed E-state index contributed by atoms with van der Waals surface area (Å²) in [6, 6.07) is 3.68. The quantitative estimate of drug-likeness (QED) is 0.703. The Balaban J connectivity index is 3.25. The lowest BCUT2D eigenvalue weighted by Crippen LogP contribution is -2.15. The van der Waals surface area contributed by atoms with Gasteiger partial charge in [-0.3, -0.25) is 4.79 Å². The van der Waals surface area contributed by atoms with Crippen molar-refractivity contribution in [1.29, 1.82) is 0 Å². The van der Waals surface area contributed by atoms with Gasteiger partial charge in [-0.05, 0) is 28.4 Å². The van der Waals surface area contributed by atoms with E-state index in [2.05, 4.69) is 22.9 Å². The molecule has 0 aromatic heterocycles. The summed E-state index contributed by atoms with van der Waals surface area (Å²) >= 11 is 3.46. The van der Waals surface area contributed by atoms with Crippen LogP contribution in [-0.4, -0.2) is 27.3 Å². The summed E-state index contributed by atoms with van der Waals surface area (Å²) in [6.07, 6.45) is 2.71. The van der Waals surface area contributed by atoms with Gasteiger partial charge in [0, 0.05) is 5.56 Å². The summed E-state index contributed by atoms with van der Waals surface area (Å²) < 4.78 is 16.3. The Morgan fingerprint density at radius 1 is 1.25 bits per heavy atom. The Morgan fingerprint density at radius 2 is 1.95 bits per heavy atom. The summed E-state index contributed by atoms with van der Waals surface area (Å²) in [5.74, 6) is 0.728. The number of carbonyl (C=O) groups is 1. The zero-order chi connectivity index (χ0) is 15.1. The zero-order valence-corrected chi connectivity index (χ0v) is 14.0. The minimum Gasteiger partial charge on any atom is -0.495 e. The molecular formula is C15H21BrO4. The fourth-order valence-electron chi connectivity index (χ4n) is 2.14. The molecule has 1 rings (SSSR count). The van der Waals surface area contributed by atoms with Crippen molar-refractivity contribution >= 4 is 21.9 Å². The number of hydrogen-bond acceptors (Lipinski definition) is 4. The lowest BCUT2D eigenvalue weighted by Gasteiger charge is -2.19. The van der Waals surface area contributed by atoms with Crippen LogP contribution < -0.4 is 9.47 Å². The Labute approximate surface area is 128 Å². The minimum absolute atomic E-state index is 0.242. The van der Waals surface area contributed by atoms with E-state index in [4.69, 9.17) is 14.2 Å². The van der Waals surface area contributed by atoms with E-state index in [1.807, 2.05) is 12.1 Å². The molecular weight excluding hydrogens is 324 g/mol. The Bertz CT molecular complexity index is 459. The molecule has 1 unspecified atom stereocenters. The number of methoxy groups -OCH3 is 3. The third kappa shape index (κ3) is 3.66. The van der Waals surface area contributed by atoms with Gasteiger partial charge in [-0.25, -0.2) is 0 Å². The SMILES string of the molecule is CCCCC(C(=O)OC)c1ccc(OC)c(Br)c1OC. The van der Waals surface area contributed by atoms with Crippen LogP contribution in [0.3, 0.4) is 0 Å². The molecule has 0 saturated heterocycles. The molecule has 0 heterocycles. The highest BCUT2D eigenvalue weighted by molar-refractivity contribution is 9.10. The molecule has 0 fully saturated rings. The summed E-state index contributed by atoms with van der Waals surface area (Å²) in [4.78, 5) is 12.0. The Morgan fingerprint density at radius 3 is 2.45 bits per heavy atom. The summed E-state index contributed by atoms with van der Waals surface area (Å²) in [7, 11) is 4.58. The van der Waals surface area contributed by atoms with E-state index >= 15 is 0 Å². The molecule has 0 saturated carbocycles. The summed E-state index contributed by atoms with van der Waals surface area (Å²) in [5, 5.41) is 0. The van der Waals surface area contributed by atoms with Crippen molar-refractivity contribution in [1.82, 2.24) is 0 Å². The third-order valence-corrected chi connectivity index (χ3v) is 3.97. The van der Waals surface area contributed by atoms with E-state index in [0.717, 1.165) is 24.8 Å². The average molecular weight is 345 g/mol. The fraction of sp³-hybridized carbons (Fsp3) is 0.533. The van der Waals surface area contributed by atoms with Gasteiger partial charge in [-0.1, -0.05) is 25.8 Å². The molecule has 1 aromatic carbocycles. The topological polar surface area (TPSA) is 44.8 Å². The van der Waals surface area contributed by atoms with E-state index in [9.17, 15) is 4.79 Å². The maximum absolute atomic E-state index is 12.0. The van der Waals surface area contributed by atoms with Crippen molar-refractivity contribution in [3.8, 4) is 11.5 Å².